The van der Waals surface area contributed by atoms with Crippen LogP contribution in [0.15, 0.2) is 84.9 Å². The summed E-state index contributed by atoms with van der Waals surface area (Å²) in [4.78, 5) is 0. The second kappa shape index (κ2) is 9.50. The summed E-state index contributed by atoms with van der Waals surface area (Å²) in [6.07, 6.45) is 2.03. The van der Waals surface area contributed by atoms with Gasteiger partial charge in [0.25, 0.3) is 0 Å². The average Bonchev–Trinajstić information content (AvgIpc) is 2.77. The Morgan fingerprint density at radius 3 is 2.12 bits per heavy atom. The normalized spacial score (nSPS) is 12.8. The molecule has 4 nitrogen and oxygen atoms in total. The molecular formula is C27H27O4P. The lowest BCUT2D eigenvalue weighted by Crippen LogP contribution is -2.08. The van der Waals surface area contributed by atoms with Gasteiger partial charge in [0.05, 0.1) is 0 Å². The van der Waals surface area contributed by atoms with Gasteiger partial charge < -0.3 is 13.6 Å². The predicted molar refractivity (Wildman–Crippen MR) is 130 cm³/mol. The minimum absolute atomic E-state index is 0.416. The van der Waals surface area contributed by atoms with Gasteiger partial charge in [0, 0.05) is 0 Å². The molecule has 0 fully saturated rings. The Morgan fingerprint density at radius 2 is 1.41 bits per heavy atom. The smallest absolute Gasteiger partial charge is 0.386 e. The zero-order valence-electron chi connectivity index (χ0n) is 18.6. The first-order chi connectivity index (χ1) is 15.4. The SMILES string of the molecule is CCCc1ccc(OP(=O)(Oc2ccc3ccccc3c2)Oc2ccc(C)cc2C)cc1. The Kier molecular flexibility index (Phi) is 6.53. The topological polar surface area (TPSA) is 44.8 Å². The van der Waals surface area contributed by atoms with Crippen LogP contribution in [0.1, 0.15) is 30.0 Å². The van der Waals surface area contributed by atoms with Crippen molar-refractivity contribution in [1.82, 2.24) is 0 Å². The van der Waals surface area contributed by atoms with E-state index in [-0.39, 0.29) is 0 Å². The van der Waals surface area contributed by atoms with Crippen LogP contribution in [0.4, 0.5) is 0 Å². The van der Waals surface area contributed by atoms with Crippen LogP contribution in [0.3, 0.4) is 0 Å². The summed E-state index contributed by atoms with van der Waals surface area (Å²) in [5.41, 5.74) is 3.14. The fourth-order valence-electron chi connectivity index (χ4n) is 3.57. The molecule has 0 radical (unpaired) electrons. The third kappa shape index (κ3) is 5.33. The maximum Gasteiger partial charge on any atom is 0.647 e. The van der Waals surface area contributed by atoms with E-state index in [1.807, 2.05) is 74.5 Å². The Morgan fingerprint density at radius 1 is 0.719 bits per heavy atom. The minimum Gasteiger partial charge on any atom is -0.386 e. The number of phosphoric ester groups is 1. The first-order valence-electron chi connectivity index (χ1n) is 10.8. The van der Waals surface area contributed by atoms with E-state index < -0.39 is 7.82 Å². The van der Waals surface area contributed by atoms with Gasteiger partial charge >= 0.3 is 7.82 Å². The minimum atomic E-state index is -4.04. The quantitative estimate of drug-likeness (QED) is 0.257. The molecule has 1 atom stereocenters. The van der Waals surface area contributed by atoms with Crippen LogP contribution < -0.4 is 13.6 Å². The Balaban J connectivity index is 1.66. The van der Waals surface area contributed by atoms with Crippen molar-refractivity contribution in [3.63, 3.8) is 0 Å². The summed E-state index contributed by atoms with van der Waals surface area (Å²) in [6.45, 7) is 6.03. The zero-order valence-corrected chi connectivity index (χ0v) is 19.5. The number of rotatable bonds is 8. The van der Waals surface area contributed by atoms with Gasteiger partial charge in [-0.25, -0.2) is 0 Å². The lowest BCUT2D eigenvalue weighted by Gasteiger charge is -2.21. The van der Waals surface area contributed by atoms with Crippen molar-refractivity contribution in [2.24, 2.45) is 0 Å². The number of fused-ring (bicyclic) bond motifs is 1. The molecule has 5 heteroatoms. The van der Waals surface area contributed by atoms with Crippen molar-refractivity contribution in [3.8, 4) is 17.2 Å². The van der Waals surface area contributed by atoms with Gasteiger partial charge in [0.2, 0.25) is 0 Å². The molecular weight excluding hydrogens is 419 g/mol. The molecule has 4 rings (SSSR count). The van der Waals surface area contributed by atoms with Gasteiger partial charge in [0.15, 0.2) is 0 Å². The Labute approximate surface area is 189 Å². The Hall–Kier alpha value is -3.23. The van der Waals surface area contributed by atoms with Crippen LogP contribution in [0.25, 0.3) is 10.8 Å². The van der Waals surface area contributed by atoms with E-state index in [0.717, 1.165) is 34.7 Å². The van der Waals surface area contributed by atoms with Gasteiger partial charge in [0.1, 0.15) is 17.2 Å². The summed E-state index contributed by atoms with van der Waals surface area (Å²) >= 11 is 0. The summed E-state index contributed by atoms with van der Waals surface area (Å²) in [5, 5.41) is 2.05. The van der Waals surface area contributed by atoms with Crippen molar-refractivity contribution >= 4 is 18.6 Å². The van der Waals surface area contributed by atoms with Gasteiger partial charge in [-0.2, -0.15) is 4.57 Å². The molecule has 0 N–H and O–H groups in total. The standard InChI is InChI=1S/C27H27O4P/c1-4-7-22-11-14-25(15-12-22)29-32(28,31-27-17-10-20(2)18-21(27)3)30-26-16-13-23-8-5-6-9-24(23)19-26/h5-6,8-19H,4,7H2,1-3H3. The van der Waals surface area contributed by atoms with Crippen LogP contribution >= 0.6 is 7.82 Å². The monoisotopic (exact) mass is 446 g/mol. The molecule has 0 aliphatic carbocycles. The van der Waals surface area contributed by atoms with E-state index in [4.69, 9.17) is 13.6 Å². The molecule has 4 aromatic rings. The lowest BCUT2D eigenvalue weighted by atomic mass is 10.1. The second-order valence-corrected chi connectivity index (χ2v) is 9.34. The van der Waals surface area contributed by atoms with Crippen LogP contribution in [-0.4, -0.2) is 0 Å². The second-order valence-electron chi connectivity index (χ2n) is 7.89. The molecule has 4 aromatic carbocycles. The number of aryl methyl sites for hydroxylation is 3. The highest BCUT2D eigenvalue weighted by atomic mass is 31.2. The fourth-order valence-corrected chi connectivity index (χ4v) is 4.88. The van der Waals surface area contributed by atoms with Crippen LogP contribution in [0.2, 0.25) is 0 Å². The molecule has 0 saturated carbocycles. The van der Waals surface area contributed by atoms with E-state index in [2.05, 4.69) is 6.92 Å². The first kappa shape index (κ1) is 22.0. The average molecular weight is 446 g/mol. The molecule has 0 amide bonds. The van der Waals surface area contributed by atoms with E-state index in [1.165, 1.54) is 5.56 Å². The Bertz CT molecular complexity index is 1260. The number of phosphoric acid groups is 1. The summed E-state index contributed by atoms with van der Waals surface area (Å²) in [5.74, 6) is 1.31. The largest absolute Gasteiger partial charge is 0.647 e. The number of hydrogen-bond donors (Lipinski definition) is 0. The first-order valence-corrected chi connectivity index (χ1v) is 12.2. The van der Waals surface area contributed by atoms with Crippen LogP contribution in [0.5, 0.6) is 17.2 Å². The van der Waals surface area contributed by atoms with Gasteiger partial charge in [-0.3, -0.25) is 0 Å². The van der Waals surface area contributed by atoms with Crippen molar-refractivity contribution in [1.29, 1.82) is 0 Å². The van der Waals surface area contributed by atoms with Crippen molar-refractivity contribution in [2.75, 3.05) is 0 Å². The number of hydrogen-bond acceptors (Lipinski definition) is 4. The molecule has 0 heterocycles. The van der Waals surface area contributed by atoms with Gasteiger partial charge in [-0.1, -0.05) is 73.5 Å². The van der Waals surface area contributed by atoms with Crippen molar-refractivity contribution in [3.05, 3.63) is 102 Å². The zero-order chi connectivity index (χ0) is 22.6. The van der Waals surface area contributed by atoms with E-state index in [1.54, 1.807) is 24.3 Å². The van der Waals surface area contributed by atoms with E-state index in [0.29, 0.717) is 17.2 Å². The molecule has 1 unspecified atom stereocenters. The van der Waals surface area contributed by atoms with E-state index in [9.17, 15) is 4.57 Å². The third-order valence-electron chi connectivity index (χ3n) is 5.16. The molecule has 0 bridgehead atoms. The molecule has 0 aromatic heterocycles. The van der Waals surface area contributed by atoms with E-state index >= 15 is 0 Å². The van der Waals surface area contributed by atoms with Crippen LogP contribution in [0, 0.1) is 13.8 Å². The van der Waals surface area contributed by atoms with Crippen LogP contribution in [-0.2, 0) is 11.0 Å². The van der Waals surface area contributed by atoms with Gasteiger partial charge in [-0.15, -0.1) is 0 Å². The fraction of sp³-hybridized carbons (Fsp3) is 0.185. The highest BCUT2D eigenvalue weighted by Crippen LogP contribution is 2.50. The molecule has 0 saturated heterocycles. The summed E-state index contributed by atoms with van der Waals surface area (Å²) in [6, 6.07) is 26.6. The molecule has 32 heavy (non-hydrogen) atoms. The maximum atomic E-state index is 13.8. The van der Waals surface area contributed by atoms with Gasteiger partial charge in [-0.05, 0) is 72.5 Å². The molecule has 0 spiro atoms. The summed E-state index contributed by atoms with van der Waals surface area (Å²) < 4.78 is 31.5. The summed E-state index contributed by atoms with van der Waals surface area (Å²) in [7, 11) is -4.04. The highest BCUT2D eigenvalue weighted by Gasteiger charge is 2.34. The van der Waals surface area contributed by atoms with Crippen molar-refractivity contribution < 1.29 is 18.1 Å². The predicted octanol–water partition coefficient (Wildman–Crippen LogP) is 8.05. The molecule has 0 aliphatic rings. The van der Waals surface area contributed by atoms with Crippen molar-refractivity contribution in [2.45, 2.75) is 33.6 Å². The third-order valence-corrected chi connectivity index (χ3v) is 6.45. The number of benzene rings is 4. The highest BCUT2D eigenvalue weighted by molar-refractivity contribution is 7.49. The molecule has 164 valence electrons. The lowest BCUT2D eigenvalue weighted by molar-refractivity contribution is 0.298. The molecule has 0 aliphatic heterocycles. The maximum absolute atomic E-state index is 13.8.